The lowest BCUT2D eigenvalue weighted by Gasteiger charge is -2.24. The lowest BCUT2D eigenvalue weighted by atomic mass is 10.2. The number of rotatable bonds is 5. The van der Waals surface area contributed by atoms with E-state index in [0.717, 1.165) is 5.56 Å². The molecule has 0 aromatic heterocycles. The molecule has 1 saturated heterocycles. The van der Waals surface area contributed by atoms with Crippen LogP contribution in [0.1, 0.15) is 12.5 Å². The highest BCUT2D eigenvalue weighted by Gasteiger charge is 2.48. The van der Waals surface area contributed by atoms with Crippen LogP contribution in [-0.4, -0.2) is 47.4 Å². The van der Waals surface area contributed by atoms with E-state index in [-0.39, 0.29) is 13.2 Å². The summed E-state index contributed by atoms with van der Waals surface area (Å²) in [6.07, 6.45) is -1.76. The SMILES string of the molecule is C[C@@]1(COCc2ccccc2)OC[C@@H](C2OC(=O)C(O)=C2O)O1. The highest BCUT2D eigenvalue weighted by Crippen LogP contribution is 2.32. The molecule has 23 heavy (non-hydrogen) atoms. The second-order valence-electron chi connectivity index (χ2n) is 5.64. The Kier molecular flexibility index (Phi) is 4.25. The average molecular weight is 322 g/mol. The van der Waals surface area contributed by atoms with Gasteiger partial charge >= 0.3 is 5.97 Å². The molecule has 0 spiro atoms. The van der Waals surface area contributed by atoms with Gasteiger partial charge in [-0.3, -0.25) is 0 Å². The smallest absolute Gasteiger partial charge is 0.377 e. The highest BCUT2D eigenvalue weighted by atomic mass is 16.8. The number of cyclic esters (lactones) is 1. The molecule has 2 N–H and O–H groups in total. The fourth-order valence-electron chi connectivity index (χ4n) is 2.52. The van der Waals surface area contributed by atoms with E-state index in [9.17, 15) is 15.0 Å². The third kappa shape index (κ3) is 3.31. The zero-order valence-corrected chi connectivity index (χ0v) is 12.6. The number of carbonyl (C=O) groups is 1. The van der Waals surface area contributed by atoms with Crippen LogP contribution < -0.4 is 0 Å². The largest absolute Gasteiger partial charge is 0.505 e. The molecule has 0 aliphatic carbocycles. The summed E-state index contributed by atoms with van der Waals surface area (Å²) in [7, 11) is 0. The minimum Gasteiger partial charge on any atom is -0.505 e. The fourth-order valence-corrected chi connectivity index (χ4v) is 2.52. The van der Waals surface area contributed by atoms with Crippen molar-refractivity contribution in [2.24, 2.45) is 0 Å². The van der Waals surface area contributed by atoms with E-state index >= 15 is 0 Å². The van der Waals surface area contributed by atoms with Crippen LogP contribution in [0.4, 0.5) is 0 Å². The molecule has 7 nitrogen and oxygen atoms in total. The maximum absolute atomic E-state index is 11.2. The van der Waals surface area contributed by atoms with Gasteiger partial charge in [0.15, 0.2) is 17.7 Å². The maximum atomic E-state index is 11.2. The van der Waals surface area contributed by atoms with Crippen LogP contribution >= 0.6 is 0 Å². The van der Waals surface area contributed by atoms with Gasteiger partial charge in [-0.25, -0.2) is 4.79 Å². The van der Waals surface area contributed by atoms with Gasteiger partial charge < -0.3 is 29.2 Å². The molecule has 2 heterocycles. The number of hydrogen-bond acceptors (Lipinski definition) is 7. The number of benzene rings is 1. The van der Waals surface area contributed by atoms with Crippen LogP contribution in [-0.2, 0) is 30.3 Å². The van der Waals surface area contributed by atoms with Crippen molar-refractivity contribution in [1.29, 1.82) is 0 Å². The Morgan fingerprint density at radius 3 is 2.70 bits per heavy atom. The Hall–Kier alpha value is -2.09. The Morgan fingerprint density at radius 2 is 2.04 bits per heavy atom. The molecule has 7 heteroatoms. The first kappa shape index (κ1) is 15.8. The van der Waals surface area contributed by atoms with E-state index in [4.69, 9.17) is 18.9 Å². The Bertz CT molecular complexity index is 612. The number of esters is 1. The van der Waals surface area contributed by atoms with Crippen molar-refractivity contribution in [2.75, 3.05) is 13.2 Å². The first-order valence-corrected chi connectivity index (χ1v) is 7.25. The molecule has 1 aromatic rings. The van der Waals surface area contributed by atoms with E-state index in [1.165, 1.54) is 0 Å². The van der Waals surface area contributed by atoms with Gasteiger partial charge in [0.25, 0.3) is 0 Å². The normalized spacial score (nSPS) is 30.7. The van der Waals surface area contributed by atoms with E-state index in [0.29, 0.717) is 6.61 Å². The first-order valence-electron chi connectivity index (χ1n) is 7.25. The quantitative estimate of drug-likeness (QED) is 0.795. The Morgan fingerprint density at radius 1 is 1.30 bits per heavy atom. The summed E-state index contributed by atoms with van der Waals surface area (Å²) in [4.78, 5) is 11.2. The van der Waals surface area contributed by atoms with Gasteiger partial charge in [-0.15, -0.1) is 0 Å². The van der Waals surface area contributed by atoms with Gasteiger partial charge in [0.2, 0.25) is 5.76 Å². The Balaban J connectivity index is 1.53. The molecule has 2 aliphatic heterocycles. The van der Waals surface area contributed by atoms with Crippen LogP contribution in [0.15, 0.2) is 41.9 Å². The molecule has 0 amide bonds. The van der Waals surface area contributed by atoms with Crippen molar-refractivity contribution in [1.82, 2.24) is 0 Å². The fraction of sp³-hybridized carbons (Fsp3) is 0.438. The molecular weight excluding hydrogens is 304 g/mol. The van der Waals surface area contributed by atoms with Crippen molar-refractivity contribution in [2.45, 2.75) is 31.5 Å². The first-order chi connectivity index (χ1) is 11.0. The predicted molar refractivity (Wildman–Crippen MR) is 77.5 cm³/mol. The molecule has 0 saturated carbocycles. The second-order valence-corrected chi connectivity index (χ2v) is 5.64. The van der Waals surface area contributed by atoms with Crippen molar-refractivity contribution in [3.05, 3.63) is 47.4 Å². The third-order valence-corrected chi connectivity index (χ3v) is 3.71. The zero-order chi connectivity index (χ0) is 16.4. The molecule has 1 fully saturated rings. The molecular formula is C16H18O7. The molecule has 124 valence electrons. The van der Waals surface area contributed by atoms with Gasteiger partial charge in [0, 0.05) is 0 Å². The lowest BCUT2D eigenvalue weighted by molar-refractivity contribution is -0.200. The summed E-state index contributed by atoms with van der Waals surface area (Å²) in [5.41, 5.74) is 1.03. The molecule has 0 bridgehead atoms. The molecule has 3 rings (SSSR count). The number of aliphatic hydroxyl groups excluding tert-OH is 2. The minimum atomic E-state index is -1.06. The third-order valence-electron chi connectivity index (χ3n) is 3.71. The van der Waals surface area contributed by atoms with Crippen molar-refractivity contribution in [3.63, 3.8) is 0 Å². The van der Waals surface area contributed by atoms with Crippen LogP contribution in [0.2, 0.25) is 0 Å². The van der Waals surface area contributed by atoms with E-state index in [1.54, 1.807) is 6.92 Å². The molecule has 2 aliphatic rings. The van der Waals surface area contributed by atoms with Gasteiger partial charge in [0.05, 0.1) is 13.2 Å². The summed E-state index contributed by atoms with van der Waals surface area (Å²) in [5.74, 6) is -3.29. The van der Waals surface area contributed by atoms with Gasteiger partial charge in [-0.05, 0) is 12.5 Å². The average Bonchev–Trinajstić information content (AvgIpc) is 3.04. The molecule has 0 radical (unpaired) electrons. The summed E-state index contributed by atoms with van der Waals surface area (Å²) >= 11 is 0. The van der Waals surface area contributed by atoms with E-state index in [1.807, 2.05) is 30.3 Å². The van der Waals surface area contributed by atoms with Crippen molar-refractivity contribution >= 4 is 5.97 Å². The van der Waals surface area contributed by atoms with Gasteiger partial charge in [0.1, 0.15) is 12.7 Å². The lowest BCUT2D eigenvalue weighted by Crippen LogP contribution is -2.36. The topological polar surface area (TPSA) is 94.5 Å². The monoisotopic (exact) mass is 322 g/mol. The summed E-state index contributed by atoms with van der Waals surface area (Å²) in [6.45, 7) is 2.41. The number of aliphatic hydroxyl groups is 2. The van der Waals surface area contributed by atoms with Gasteiger partial charge in [-0.1, -0.05) is 30.3 Å². The maximum Gasteiger partial charge on any atom is 0.377 e. The molecule has 1 unspecified atom stereocenters. The molecule has 3 atom stereocenters. The minimum absolute atomic E-state index is 0.112. The number of hydrogen-bond donors (Lipinski definition) is 2. The van der Waals surface area contributed by atoms with Gasteiger partial charge in [-0.2, -0.15) is 0 Å². The number of ether oxygens (including phenoxy) is 4. The second kappa shape index (κ2) is 6.19. The summed E-state index contributed by atoms with van der Waals surface area (Å²) < 4.78 is 21.8. The van der Waals surface area contributed by atoms with E-state index < -0.39 is 35.5 Å². The highest BCUT2D eigenvalue weighted by molar-refractivity contribution is 5.89. The van der Waals surface area contributed by atoms with Crippen molar-refractivity contribution < 1.29 is 34.0 Å². The van der Waals surface area contributed by atoms with Crippen LogP contribution in [0.5, 0.6) is 0 Å². The van der Waals surface area contributed by atoms with Crippen LogP contribution in [0.25, 0.3) is 0 Å². The molecule has 1 aromatic carbocycles. The predicted octanol–water partition coefficient (Wildman–Crippen LogP) is 1.59. The zero-order valence-electron chi connectivity index (χ0n) is 12.6. The summed E-state index contributed by atoms with van der Waals surface area (Å²) in [6, 6.07) is 9.68. The Labute approximate surface area is 133 Å². The van der Waals surface area contributed by atoms with Crippen molar-refractivity contribution in [3.8, 4) is 0 Å². The number of carbonyl (C=O) groups excluding carboxylic acids is 1. The van der Waals surface area contributed by atoms with E-state index in [2.05, 4.69) is 0 Å². The summed E-state index contributed by atoms with van der Waals surface area (Å²) in [5, 5.41) is 19.0. The standard InChI is InChI=1S/C16H18O7/c1-16(9-20-7-10-5-3-2-4-6-10)21-8-11(23-16)14-12(17)13(18)15(19)22-14/h2-6,11,14,17-18H,7-9H2,1H3/t11-,14?,16+/m0/s1. The van der Waals surface area contributed by atoms with Crippen LogP contribution in [0, 0.1) is 0 Å². The van der Waals surface area contributed by atoms with Crippen LogP contribution in [0.3, 0.4) is 0 Å².